The zero-order chi connectivity index (χ0) is 31.7. The van der Waals surface area contributed by atoms with Crippen molar-refractivity contribution < 1.29 is 27.5 Å². The number of sulfonamides is 1. The molecule has 0 saturated heterocycles. The molecular formula is C33H40ClN3O6S. The molecule has 9 nitrogen and oxygen atoms in total. The Balaban J connectivity index is 1.67. The van der Waals surface area contributed by atoms with Crippen molar-refractivity contribution in [3.05, 3.63) is 83.4 Å². The van der Waals surface area contributed by atoms with Crippen LogP contribution in [-0.2, 0) is 26.2 Å². The molecule has 1 aliphatic rings. The lowest BCUT2D eigenvalue weighted by Gasteiger charge is -2.33. The number of amides is 2. The number of carbonyl (C=O) groups is 2. The number of halogens is 1. The summed E-state index contributed by atoms with van der Waals surface area (Å²) in [4.78, 5) is 29.0. The predicted octanol–water partition coefficient (Wildman–Crippen LogP) is 5.81. The van der Waals surface area contributed by atoms with E-state index in [9.17, 15) is 18.0 Å². The molecule has 4 rings (SSSR count). The lowest BCUT2D eigenvalue weighted by molar-refractivity contribution is -0.139. The highest BCUT2D eigenvalue weighted by Gasteiger charge is 2.33. The second-order valence-electron chi connectivity index (χ2n) is 10.8. The Labute approximate surface area is 265 Å². The molecule has 0 bridgehead atoms. The first-order valence-corrected chi connectivity index (χ1v) is 16.7. The maximum absolute atomic E-state index is 14.2. The van der Waals surface area contributed by atoms with Crippen LogP contribution in [-0.4, -0.2) is 57.5 Å². The minimum absolute atomic E-state index is 0.0200. The molecule has 0 unspecified atom stereocenters. The summed E-state index contributed by atoms with van der Waals surface area (Å²) in [7, 11) is -2.64. The van der Waals surface area contributed by atoms with Crippen LogP contribution in [0.1, 0.15) is 51.5 Å². The molecule has 0 aliphatic heterocycles. The molecule has 1 atom stereocenters. The topological polar surface area (TPSA) is 105 Å². The molecule has 1 aliphatic carbocycles. The van der Waals surface area contributed by atoms with Crippen LogP contribution < -0.4 is 19.1 Å². The Kier molecular flexibility index (Phi) is 11.5. The molecule has 2 amide bonds. The van der Waals surface area contributed by atoms with E-state index in [2.05, 4.69) is 5.32 Å². The molecule has 1 saturated carbocycles. The number of nitrogens with one attached hydrogen (secondary N) is 1. The largest absolute Gasteiger partial charge is 0.497 e. The number of carbonyl (C=O) groups excluding carboxylic acids is 2. The van der Waals surface area contributed by atoms with Gasteiger partial charge in [-0.25, -0.2) is 8.42 Å². The summed E-state index contributed by atoms with van der Waals surface area (Å²) < 4.78 is 39.9. The van der Waals surface area contributed by atoms with E-state index in [1.165, 1.54) is 29.2 Å². The smallest absolute Gasteiger partial charge is 0.264 e. The minimum Gasteiger partial charge on any atom is -0.497 e. The highest BCUT2D eigenvalue weighted by atomic mass is 35.5. The van der Waals surface area contributed by atoms with Gasteiger partial charge in [-0.15, -0.1) is 0 Å². The molecule has 3 aromatic rings. The van der Waals surface area contributed by atoms with E-state index in [0.717, 1.165) is 42.0 Å². The van der Waals surface area contributed by atoms with Crippen molar-refractivity contribution in [2.45, 2.75) is 69.5 Å². The van der Waals surface area contributed by atoms with E-state index in [-0.39, 0.29) is 29.1 Å². The number of nitrogens with zero attached hydrogens (tertiary/aromatic N) is 2. The van der Waals surface area contributed by atoms with Gasteiger partial charge < -0.3 is 19.7 Å². The molecule has 0 radical (unpaired) electrons. The third-order valence-corrected chi connectivity index (χ3v) is 9.79. The third kappa shape index (κ3) is 8.45. The highest BCUT2D eigenvalue weighted by Crippen LogP contribution is 2.28. The number of hydrogen-bond donors (Lipinski definition) is 1. The van der Waals surface area contributed by atoms with Crippen LogP contribution in [0.4, 0.5) is 5.69 Å². The minimum atomic E-state index is -4.21. The molecule has 0 heterocycles. The Bertz CT molecular complexity index is 1490. The summed E-state index contributed by atoms with van der Waals surface area (Å²) >= 11 is 6.03. The summed E-state index contributed by atoms with van der Waals surface area (Å²) in [5.41, 5.74) is 1.05. The van der Waals surface area contributed by atoms with Crippen molar-refractivity contribution in [3.8, 4) is 11.5 Å². The first kappa shape index (κ1) is 33.1. The van der Waals surface area contributed by atoms with Gasteiger partial charge in [0.25, 0.3) is 10.0 Å². The number of rotatable bonds is 13. The Morgan fingerprint density at radius 1 is 0.932 bits per heavy atom. The van der Waals surface area contributed by atoms with Crippen molar-refractivity contribution >= 4 is 39.1 Å². The zero-order valence-corrected chi connectivity index (χ0v) is 26.9. The van der Waals surface area contributed by atoms with Gasteiger partial charge in [0, 0.05) is 17.6 Å². The second kappa shape index (κ2) is 15.3. The van der Waals surface area contributed by atoms with Gasteiger partial charge in [-0.1, -0.05) is 43.0 Å². The molecule has 236 valence electrons. The number of ether oxygens (including phenoxy) is 2. The number of benzene rings is 3. The fourth-order valence-electron chi connectivity index (χ4n) is 5.22. The van der Waals surface area contributed by atoms with Gasteiger partial charge in [0.1, 0.15) is 24.1 Å². The second-order valence-corrected chi connectivity index (χ2v) is 13.1. The number of methoxy groups -OCH3 is 1. The zero-order valence-electron chi connectivity index (χ0n) is 25.4. The van der Waals surface area contributed by atoms with Crippen LogP contribution in [0, 0.1) is 0 Å². The molecule has 0 aromatic heterocycles. The monoisotopic (exact) mass is 641 g/mol. The molecule has 1 N–H and O–H groups in total. The van der Waals surface area contributed by atoms with E-state index in [1.54, 1.807) is 50.4 Å². The van der Waals surface area contributed by atoms with Crippen LogP contribution in [0.15, 0.2) is 77.7 Å². The third-order valence-electron chi connectivity index (χ3n) is 7.75. The Hall–Kier alpha value is -3.76. The van der Waals surface area contributed by atoms with Gasteiger partial charge in [-0.05, 0) is 92.9 Å². The van der Waals surface area contributed by atoms with E-state index >= 15 is 0 Å². The Morgan fingerprint density at radius 3 is 2.14 bits per heavy atom. The standard InChI is InChI=1S/C33H40ClN3O6S/c1-4-43-30-18-14-28(15-19-30)37(44(40,41)31-20-12-26(34)13-21-31)23-32(38)36(22-25-10-16-29(42-3)17-11-25)24(2)33(39)35-27-8-6-5-7-9-27/h10-21,24,27H,4-9,22-23H2,1-3H3,(H,35,39)/t24-/m1/s1. The van der Waals surface area contributed by atoms with Crippen LogP contribution in [0.3, 0.4) is 0 Å². The first-order chi connectivity index (χ1) is 21.1. The molecule has 44 heavy (non-hydrogen) atoms. The van der Waals surface area contributed by atoms with E-state index < -0.39 is 28.5 Å². The first-order valence-electron chi connectivity index (χ1n) is 14.9. The van der Waals surface area contributed by atoms with Gasteiger partial charge in [0.15, 0.2) is 0 Å². The summed E-state index contributed by atoms with van der Waals surface area (Å²) in [5.74, 6) is 0.427. The fraction of sp³-hybridized carbons (Fsp3) is 0.394. The van der Waals surface area contributed by atoms with Gasteiger partial charge in [0.2, 0.25) is 11.8 Å². The SMILES string of the molecule is CCOc1ccc(N(CC(=O)N(Cc2ccc(OC)cc2)[C@H](C)C(=O)NC2CCCCC2)S(=O)(=O)c2ccc(Cl)cc2)cc1. The molecule has 1 fully saturated rings. The van der Waals surface area contributed by atoms with E-state index in [1.807, 2.05) is 19.1 Å². The average Bonchev–Trinajstić information content (AvgIpc) is 3.03. The summed E-state index contributed by atoms with van der Waals surface area (Å²) in [6, 6.07) is 18.7. The fourth-order valence-corrected chi connectivity index (χ4v) is 6.76. The number of hydrogen-bond acceptors (Lipinski definition) is 6. The maximum atomic E-state index is 14.2. The van der Waals surface area contributed by atoms with Crippen molar-refractivity contribution in [1.29, 1.82) is 0 Å². The van der Waals surface area contributed by atoms with E-state index in [0.29, 0.717) is 23.1 Å². The predicted molar refractivity (Wildman–Crippen MR) is 172 cm³/mol. The van der Waals surface area contributed by atoms with Crippen molar-refractivity contribution in [2.24, 2.45) is 0 Å². The van der Waals surface area contributed by atoms with Crippen LogP contribution in [0.5, 0.6) is 11.5 Å². The van der Waals surface area contributed by atoms with Crippen molar-refractivity contribution in [2.75, 3.05) is 24.6 Å². The summed E-state index contributed by atoms with van der Waals surface area (Å²) in [6.07, 6.45) is 5.04. The van der Waals surface area contributed by atoms with Crippen LogP contribution in [0.25, 0.3) is 0 Å². The van der Waals surface area contributed by atoms with Crippen LogP contribution in [0.2, 0.25) is 5.02 Å². The molecule has 3 aromatic carbocycles. The average molecular weight is 642 g/mol. The van der Waals surface area contributed by atoms with Gasteiger partial charge in [0.05, 0.1) is 24.3 Å². The molecular weight excluding hydrogens is 602 g/mol. The quantitative estimate of drug-likeness (QED) is 0.253. The highest BCUT2D eigenvalue weighted by molar-refractivity contribution is 7.92. The van der Waals surface area contributed by atoms with Crippen LogP contribution >= 0.6 is 11.6 Å². The van der Waals surface area contributed by atoms with Crippen molar-refractivity contribution in [3.63, 3.8) is 0 Å². The molecule has 0 spiro atoms. The summed E-state index contributed by atoms with van der Waals surface area (Å²) in [6.45, 7) is 3.55. The van der Waals surface area contributed by atoms with Gasteiger partial charge in [-0.2, -0.15) is 0 Å². The number of anilines is 1. The normalized spacial score (nSPS) is 14.4. The Morgan fingerprint density at radius 2 is 1.55 bits per heavy atom. The maximum Gasteiger partial charge on any atom is 0.264 e. The lowest BCUT2D eigenvalue weighted by atomic mass is 9.95. The lowest BCUT2D eigenvalue weighted by Crippen LogP contribution is -2.53. The van der Waals surface area contributed by atoms with Gasteiger partial charge in [-0.3, -0.25) is 13.9 Å². The van der Waals surface area contributed by atoms with Crippen molar-refractivity contribution in [1.82, 2.24) is 10.2 Å². The van der Waals surface area contributed by atoms with Gasteiger partial charge >= 0.3 is 0 Å². The summed E-state index contributed by atoms with van der Waals surface area (Å²) in [5, 5.41) is 3.50. The van der Waals surface area contributed by atoms with E-state index in [4.69, 9.17) is 21.1 Å². The molecule has 11 heteroatoms.